The summed E-state index contributed by atoms with van der Waals surface area (Å²) in [6.45, 7) is 0. The Morgan fingerprint density at radius 3 is 2.77 bits per heavy atom. The Balaban J connectivity index is 1.71. The zero-order valence-corrected chi connectivity index (χ0v) is 12.8. The number of nitrogens with zero attached hydrogens (tertiary/aromatic N) is 1. The SMILES string of the molecule is O=C(/C=C/c1ccc(F)cc1)Nc1nc2ccc(Cl)cc2s1. The largest absolute Gasteiger partial charge is 0.298 e. The summed E-state index contributed by atoms with van der Waals surface area (Å²) in [7, 11) is 0. The van der Waals surface area contributed by atoms with Crippen molar-refractivity contribution in [2.45, 2.75) is 0 Å². The van der Waals surface area contributed by atoms with Gasteiger partial charge in [-0.1, -0.05) is 35.1 Å². The number of hydrogen-bond donors (Lipinski definition) is 1. The molecule has 22 heavy (non-hydrogen) atoms. The molecule has 0 aliphatic rings. The Kier molecular flexibility index (Phi) is 4.18. The van der Waals surface area contributed by atoms with E-state index in [0.29, 0.717) is 10.2 Å². The monoisotopic (exact) mass is 332 g/mol. The fourth-order valence-electron chi connectivity index (χ4n) is 1.84. The van der Waals surface area contributed by atoms with Crippen LogP contribution in [-0.2, 0) is 4.79 Å². The summed E-state index contributed by atoms with van der Waals surface area (Å²) in [5, 5.41) is 3.83. The van der Waals surface area contributed by atoms with E-state index in [1.54, 1.807) is 36.4 Å². The van der Waals surface area contributed by atoms with Gasteiger partial charge in [0.15, 0.2) is 5.13 Å². The molecule has 2 aromatic carbocycles. The van der Waals surface area contributed by atoms with E-state index in [-0.39, 0.29) is 11.7 Å². The lowest BCUT2D eigenvalue weighted by molar-refractivity contribution is -0.111. The van der Waals surface area contributed by atoms with Crippen molar-refractivity contribution in [2.75, 3.05) is 5.32 Å². The van der Waals surface area contributed by atoms with Gasteiger partial charge in [0, 0.05) is 11.1 Å². The zero-order valence-electron chi connectivity index (χ0n) is 11.2. The van der Waals surface area contributed by atoms with Crippen LogP contribution in [0.5, 0.6) is 0 Å². The molecule has 0 saturated carbocycles. The van der Waals surface area contributed by atoms with Gasteiger partial charge < -0.3 is 0 Å². The molecule has 1 aromatic heterocycles. The van der Waals surface area contributed by atoms with Crippen LogP contribution in [-0.4, -0.2) is 10.9 Å². The third-order valence-electron chi connectivity index (χ3n) is 2.88. The first-order valence-electron chi connectivity index (χ1n) is 6.41. The number of anilines is 1. The minimum absolute atomic E-state index is 0.297. The van der Waals surface area contributed by atoms with Crippen LogP contribution in [0, 0.1) is 5.82 Å². The van der Waals surface area contributed by atoms with Gasteiger partial charge in [-0.25, -0.2) is 9.37 Å². The summed E-state index contributed by atoms with van der Waals surface area (Å²) < 4.78 is 13.7. The molecular weight excluding hydrogens is 323 g/mol. The van der Waals surface area contributed by atoms with Crippen molar-refractivity contribution in [2.24, 2.45) is 0 Å². The molecule has 6 heteroatoms. The fourth-order valence-corrected chi connectivity index (χ4v) is 2.99. The number of benzene rings is 2. The highest BCUT2D eigenvalue weighted by molar-refractivity contribution is 7.22. The lowest BCUT2D eigenvalue weighted by Gasteiger charge is -1.96. The van der Waals surface area contributed by atoms with Gasteiger partial charge in [-0.2, -0.15) is 0 Å². The number of hydrogen-bond acceptors (Lipinski definition) is 3. The van der Waals surface area contributed by atoms with E-state index in [0.717, 1.165) is 15.8 Å². The van der Waals surface area contributed by atoms with Crippen LogP contribution in [0.15, 0.2) is 48.5 Å². The average molecular weight is 333 g/mol. The molecule has 1 amide bonds. The van der Waals surface area contributed by atoms with E-state index in [4.69, 9.17) is 11.6 Å². The van der Waals surface area contributed by atoms with E-state index >= 15 is 0 Å². The maximum Gasteiger partial charge on any atom is 0.250 e. The van der Waals surface area contributed by atoms with Gasteiger partial charge >= 0.3 is 0 Å². The van der Waals surface area contributed by atoms with Gasteiger partial charge in [-0.15, -0.1) is 0 Å². The molecule has 3 rings (SSSR count). The summed E-state index contributed by atoms with van der Waals surface area (Å²) in [6.07, 6.45) is 2.99. The standard InChI is InChI=1S/C16H10ClFN2OS/c17-11-4-7-13-14(9-11)22-16(19-13)20-15(21)8-3-10-1-5-12(18)6-2-10/h1-9H,(H,19,20,21)/b8-3+. The number of carbonyl (C=O) groups is 1. The molecule has 1 N–H and O–H groups in total. The lowest BCUT2D eigenvalue weighted by Crippen LogP contribution is -2.07. The summed E-state index contributed by atoms with van der Waals surface area (Å²) in [4.78, 5) is 16.2. The highest BCUT2D eigenvalue weighted by atomic mass is 35.5. The van der Waals surface area contributed by atoms with E-state index in [2.05, 4.69) is 10.3 Å². The minimum atomic E-state index is -0.310. The number of rotatable bonds is 3. The number of amides is 1. The first kappa shape index (κ1) is 14.7. The Hall–Kier alpha value is -2.24. The van der Waals surface area contributed by atoms with Crippen molar-refractivity contribution >= 4 is 50.3 Å². The topological polar surface area (TPSA) is 42.0 Å². The normalized spacial score (nSPS) is 11.2. The number of aromatic nitrogens is 1. The van der Waals surface area contributed by atoms with Crippen LogP contribution in [0.1, 0.15) is 5.56 Å². The highest BCUT2D eigenvalue weighted by Crippen LogP contribution is 2.28. The molecule has 0 aliphatic heterocycles. The van der Waals surface area contributed by atoms with E-state index < -0.39 is 0 Å². The first-order valence-corrected chi connectivity index (χ1v) is 7.60. The third kappa shape index (κ3) is 3.50. The molecule has 0 unspecified atom stereocenters. The average Bonchev–Trinajstić information content (AvgIpc) is 2.88. The van der Waals surface area contributed by atoms with Crippen LogP contribution in [0.3, 0.4) is 0 Å². The second-order valence-corrected chi connectivity index (χ2v) is 5.97. The number of fused-ring (bicyclic) bond motifs is 1. The number of halogens is 2. The van der Waals surface area contributed by atoms with Crippen LogP contribution in [0.4, 0.5) is 9.52 Å². The number of carbonyl (C=O) groups excluding carboxylic acids is 1. The second kappa shape index (κ2) is 6.25. The zero-order chi connectivity index (χ0) is 15.5. The van der Waals surface area contributed by atoms with E-state index in [1.807, 2.05) is 0 Å². The van der Waals surface area contributed by atoms with Crippen molar-refractivity contribution in [3.05, 3.63) is 64.9 Å². The van der Waals surface area contributed by atoms with Gasteiger partial charge in [-0.3, -0.25) is 10.1 Å². The van der Waals surface area contributed by atoms with Crippen molar-refractivity contribution < 1.29 is 9.18 Å². The summed E-state index contributed by atoms with van der Waals surface area (Å²) in [5.41, 5.74) is 1.53. The molecule has 3 nitrogen and oxygen atoms in total. The summed E-state index contributed by atoms with van der Waals surface area (Å²) in [6, 6.07) is 11.2. The predicted octanol–water partition coefficient (Wildman–Crippen LogP) is 4.74. The second-order valence-electron chi connectivity index (χ2n) is 4.51. The van der Waals surface area contributed by atoms with Crippen LogP contribution >= 0.6 is 22.9 Å². The molecule has 0 aliphatic carbocycles. The molecule has 0 bridgehead atoms. The molecule has 0 fully saturated rings. The quantitative estimate of drug-likeness (QED) is 0.704. The molecule has 3 aromatic rings. The molecule has 1 heterocycles. The Bertz CT molecular complexity index is 858. The van der Waals surface area contributed by atoms with Gasteiger partial charge in [0.2, 0.25) is 5.91 Å². The Morgan fingerprint density at radius 2 is 2.00 bits per heavy atom. The molecule has 0 radical (unpaired) electrons. The Labute approximate surface area is 135 Å². The van der Waals surface area contributed by atoms with Crippen LogP contribution < -0.4 is 5.32 Å². The maximum absolute atomic E-state index is 12.8. The molecule has 0 spiro atoms. The van der Waals surface area contributed by atoms with Crippen molar-refractivity contribution in [3.8, 4) is 0 Å². The van der Waals surface area contributed by atoms with Crippen molar-refractivity contribution in [1.29, 1.82) is 0 Å². The number of nitrogens with one attached hydrogen (secondary N) is 1. The van der Waals surface area contributed by atoms with Crippen molar-refractivity contribution in [1.82, 2.24) is 4.98 Å². The van der Waals surface area contributed by atoms with Gasteiger partial charge in [0.05, 0.1) is 10.2 Å². The smallest absolute Gasteiger partial charge is 0.250 e. The maximum atomic E-state index is 12.8. The lowest BCUT2D eigenvalue weighted by atomic mass is 10.2. The summed E-state index contributed by atoms with van der Waals surface area (Å²) >= 11 is 7.27. The highest BCUT2D eigenvalue weighted by Gasteiger charge is 2.06. The molecule has 0 atom stereocenters. The first-order chi connectivity index (χ1) is 10.6. The number of thiazole rings is 1. The predicted molar refractivity (Wildman–Crippen MR) is 88.7 cm³/mol. The van der Waals surface area contributed by atoms with Crippen LogP contribution in [0.25, 0.3) is 16.3 Å². The minimum Gasteiger partial charge on any atom is -0.298 e. The van der Waals surface area contributed by atoms with E-state index in [1.165, 1.54) is 29.5 Å². The van der Waals surface area contributed by atoms with E-state index in [9.17, 15) is 9.18 Å². The fraction of sp³-hybridized carbons (Fsp3) is 0. The van der Waals surface area contributed by atoms with Gasteiger partial charge in [-0.05, 0) is 42.0 Å². The molecular formula is C16H10ClFN2OS. The van der Waals surface area contributed by atoms with Crippen LogP contribution in [0.2, 0.25) is 5.02 Å². The third-order valence-corrected chi connectivity index (χ3v) is 4.05. The molecule has 110 valence electrons. The van der Waals surface area contributed by atoms with Crippen molar-refractivity contribution in [3.63, 3.8) is 0 Å². The molecule has 0 saturated heterocycles. The summed E-state index contributed by atoms with van der Waals surface area (Å²) in [5.74, 6) is -0.607. The Morgan fingerprint density at radius 1 is 1.23 bits per heavy atom. The van der Waals surface area contributed by atoms with Gasteiger partial charge in [0.25, 0.3) is 0 Å². The van der Waals surface area contributed by atoms with Gasteiger partial charge in [0.1, 0.15) is 5.82 Å².